The molecule has 3 aromatic rings. The molecule has 1 aliphatic rings. The number of fused-ring (bicyclic) bond motifs is 1. The van der Waals surface area contributed by atoms with E-state index in [0.717, 1.165) is 17.4 Å². The molecule has 1 fully saturated rings. The molecule has 1 saturated heterocycles. The molecule has 8 nitrogen and oxygen atoms in total. The van der Waals surface area contributed by atoms with Crippen LogP contribution in [0.25, 0.3) is 5.65 Å². The van der Waals surface area contributed by atoms with Crippen LogP contribution in [0, 0.1) is 18.6 Å². The maximum Gasteiger partial charge on any atom is 0.410 e. The number of nitrogens with one attached hydrogen (secondary N) is 1. The Morgan fingerprint density at radius 1 is 1.20 bits per heavy atom. The number of hydrogen-bond acceptors (Lipinski definition) is 6. The fourth-order valence-corrected chi connectivity index (χ4v) is 5.04. The summed E-state index contributed by atoms with van der Waals surface area (Å²) in [5.41, 5.74) is 0.402. The molecule has 4 rings (SSSR count). The molecule has 1 aliphatic heterocycles. The number of hydrogen-bond donors (Lipinski definition) is 1. The molecule has 35 heavy (non-hydrogen) atoms. The van der Waals surface area contributed by atoms with Crippen LogP contribution in [0.3, 0.4) is 0 Å². The Bertz CT molecular complexity index is 1270. The summed E-state index contributed by atoms with van der Waals surface area (Å²) in [6, 6.07) is 2.39. The highest BCUT2D eigenvalue weighted by Gasteiger charge is 2.33. The SMILES string of the molecule is CCC1CN(c2cc(F)c(C(=O)Nc3cc(F)c4nc(C)cn4c3)s2)CCN1C(=O)OC(C)(C)C. The first-order valence-corrected chi connectivity index (χ1v) is 12.3. The third kappa shape index (κ3) is 5.39. The largest absolute Gasteiger partial charge is 0.444 e. The van der Waals surface area contributed by atoms with Gasteiger partial charge in [0.15, 0.2) is 11.5 Å². The fraction of sp³-hybridized carbons (Fsp3) is 0.458. The number of piperazine rings is 1. The number of halogens is 2. The van der Waals surface area contributed by atoms with Gasteiger partial charge in [0.1, 0.15) is 16.3 Å². The van der Waals surface area contributed by atoms with Crippen LogP contribution >= 0.6 is 11.3 Å². The molecule has 188 valence electrons. The fourth-order valence-electron chi connectivity index (χ4n) is 4.07. The number of pyridine rings is 1. The van der Waals surface area contributed by atoms with Gasteiger partial charge in [0.2, 0.25) is 0 Å². The minimum atomic E-state index is -0.659. The molecule has 11 heteroatoms. The highest BCUT2D eigenvalue weighted by atomic mass is 32.1. The number of carbonyl (C=O) groups excluding carboxylic acids is 2. The van der Waals surface area contributed by atoms with Crippen molar-refractivity contribution in [1.29, 1.82) is 0 Å². The Balaban J connectivity index is 1.47. The molecule has 0 saturated carbocycles. The van der Waals surface area contributed by atoms with Gasteiger partial charge in [-0.15, -0.1) is 11.3 Å². The summed E-state index contributed by atoms with van der Waals surface area (Å²) in [7, 11) is 0. The van der Waals surface area contributed by atoms with Gasteiger partial charge in [-0.05, 0) is 34.1 Å². The maximum absolute atomic E-state index is 14.8. The zero-order chi connectivity index (χ0) is 25.5. The minimum absolute atomic E-state index is 0.0927. The molecular formula is C24H29F2N5O3S. The monoisotopic (exact) mass is 505 g/mol. The van der Waals surface area contributed by atoms with Gasteiger partial charge in [0.05, 0.1) is 22.4 Å². The molecule has 0 aliphatic carbocycles. The van der Waals surface area contributed by atoms with Crippen molar-refractivity contribution in [3.05, 3.63) is 46.7 Å². The third-order valence-electron chi connectivity index (χ3n) is 5.66. The van der Waals surface area contributed by atoms with Crippen molar-refractivity contribution >= 4 is 39.7 Å². The topological polar surface area (TPSA) is 79.2 Å². The van der Waals surface area contributed by atoms with Gasteiger partial charge in [-0.25, -0.2) is 18.6 Å². The van der Waals surface area contributed by atoms with E-state index < -0.39 is 23.1 Å². The van der Waals surface area contributed by atoms with Gasteiger partial charge >= 0.3 is 6.09 Å². The van der Waals surface area contributed by atoms with Crippen molar-refractivity contribution in [2.24, 2.45) is 0 Å². The number of ether oxygens (including phenoxy) is 1. The predicted molar refractivity (Wildman–Crippen MR) is 131 cm³/mol. The lowest BCUT2D eigenvalue weighted by Crippen LogP contribution is -2.55. The zero-order valence-corrected chi connectivity index (χ0v) is 21.2. The van der Waals surface area contributed by atoms with Gasteiger partial charge in [-0.3, -0.25) is 4.79 Å². The summed E-state index contributed by atoms with van der Waals surface area (Å²) in [6.07, 6.45) is 3.51. The normalized spacial score (nSPS) is 16.6. The lowest BCUT2D eigenvalue weighted by atomic mass is 10.1. The van der Waals surface area contributed by atoms with Crippen molar-refractivity contribution in [3.8, 4) is 0 Å². The van der Waals surface area contributed by atoms with Crippen molar-refractivity contribution in [1.82, 2.24) is 14.3 Å². The van der Waals surface area contributed by atoms with E-state index in [0.29, 0.717) is 36.8 Å². The summed E-state index contributed by atoms with van der Waals surface area (Å²) in [5, 5.41) is 3.17. The Hall–Kier alpha value is -3.21. The van der Waals surface area contributed by atoms with Crippen LogP contribution in [-0.2, 0) is 4.74 Å². The first kappa shape index (κ1) is 24.9. The van der Waals surface area contributed by atoms with Gasteiger partial charge < -0.3 is 24.3 Å². The summed E-state index contributed by atoms with van der Waals surface area (Å²) in [5.74, 6) is -1.89. The number of aryl methyl sites for hydroxylation is 1. The average molecular weight is 506 g/mol. The molecule has 2 amide bonds. The second-order valence-corrected chi connectivity index (χ2v) is 10.6. The molecule has 0 radical (unpaired) electrons. The Kier molecular flexibility index (Phi) is 6.72. The van der Waals surface area contributed by atoms with Crippen LogP contribution in [0.5, 0.6) is 0 Å². The highest BCUT2D eigenvalue weighted by molar-refractivity contribution is 7.18. The van der Waals surface area contributed by atoms with E-state index >= 15 is 0 Å². The summed E-state index contributed by atoms with van der Waals surface area (Å²) in [6.45, 7) is 10.6. The average Bonchev–Trinajstić information content (AvgIpc) is 3.34. The number of carbonyl (C=O) groups is 2. The third-order valence-corrected chi connectivity index (χ3v) is 6.83. The molecule has 1 atom stereocenters. The molecule has 1 N–H and O–H groups in total. The van der Waals surface area contributed by atoms with Crippen LogP contribution in [0.15, 0.2) is 24.5 Å². The number of aromatic nitrogens is 2. The number of nitrogens with zero attached hydrogens (tertiary/aromatic N) is 4. The molecule has 0 aromatic carbocycles. The van der Waals surface area contributed by atoms with E-state index in [2.05, 4.69) is 10.3 Å². The summed E-state index contributed by atoms with van der Waals surface area (Å²) in [4.78, 5) is 33.1. The quantitative estimate of drug-likeness (QED) is 0.536. The van der Waals surface area contributed by atoms with Gasteiger partial charge in [-0.1, -0.05) is 6.92 Å². The van der Waals surface area contributed by atoms with Crippen LogP contribution in [0.2, 0.25) is 0 Å². The Morgan fingerprint density at radius 3 is 2.63 bits per heavy atom. The van der Waals surface area contributed by atoms with E-state index in [1.807, 2.05) is 32.6 Å². The standard InChI is InChI=1S/C24H29F2N5O3S/c1-6-16-13-29(7-8-31(16)23(33)34-24(3,4)5)19-10-17(25)20(35-19)22(32)28-15-9-18(26)21-27-14(2)11-30(21)12-15/h9-12,16H,6-8,13H2,1-5H3,(H,28,32). The molecule has 0 spiro atoms. The molecule has 1 unspecified atom stereocenters. The van der Waals surface area contributed by atoms with Crippen molar-refractivity contribution < 1.29 is 23.1 Å². The minimum Gasteiger partial charge on any atom is -0.444 e. The molecule has 4 heterocycles. The van der Waals surface area contributed by atoms with E-state index in [9.17, 15) is 18.4 Å². The summed E-state index contributed by atoms with van der Waals surface area (Å²) < 4.78 is 36.1. The van der Waals surface area contributed by atoms with E-state index in [1.165, 1.54) is 16.7 Å². The number of amides is 2. The van der Waals surface area contributed by atoms with E-state index in [4.69, 9.17) is 4.74 Å². The van der Waals surface area contributed by atoms with E-state index in [1.54, 1.807) is 18.0 Å². The van der Waals surface area contributed by atoms with Crippen LogP contribution in [0.4, 0.5) is 24.3 Å². The smallest absolute Gasteiger partial charge is 0.410 e. The van der Waals surface area contributed by atoms with Gasteiger partial charge in [0, 0.05) is 44.2 Å². The molecule has 0 bridgehead atoms. The van der Waals surface area contributed by atoms with E-state index in [-0.39, 0.29) is 28.3 Å². The molecule has 3 aromatic heterocycles. The van der Waals surface area contributed by atoms with Crippen LogP contribution in [0.1, 0.15) is 49.5 Å². The predicted octanol–water partition coefficient (Wildman–Crippen LogP) is 5.07. The number of imidazole rings is 1. The first-order chi connectivity index (χ1) is 16.4. The lowest BCUT2D eigenvalue weighted by Gasteiger charge is -2.41. The Morgan fingerprint density at radius 2 is 1.94 bits per heavy atom. The van der Waals surface area contributed by atoms with Crippen LogP contribution in [-0.4, -0.2) is 57.6 Å². The van der Waals surface area contributed by atoms with Crippen molar-refractivity contribution in [3.63, 3.8) is 0 Å². The first-order valence-electron chi connectivity index (χ1n) is 11.4. The Labute approximate surface area is 206 Å². The number of thiophene rings is 1. The number of rotatable bonds is 4. The number of anilines is 2. The molecular weight excluding hydrogens is 476 g/mol. The highest BCUT2D eigenvalue weighted by Crippen LogP contribution is 2.32. The van der Waals surface area contributed by atoms with Gasteiger partial charge in [0.25, 0.3) is 5.91 Å². The van der Waals surface area contributed by atoms with Crippen LogP contribution < -0.4 is 10.2 Å². The lowest BCUT2D eigenvalue weighted by molar-refractivity contribution is 0.0137. The van der Waals surface area contributed by atoms with Crippen molar-refractivity contribution in [2.75, 3.05) is 29.9 Å². The second-order valence-electron chi connectivity index (χ2n) is 9.59. The maximum atomic E-state index is 14.8. The second kappa shape index (κ2) is 9.44. The van der Waals surface area contributed by atoms with Gasteiger partial charge in [-0.2, -0.15) is 0 Å². The summed E-state index contributed by atoms with van der Waals surface area (Å²) >= 11 is 1.03. The zero-order valence-electron chi connectivity index (χ0n) is 20.4. The van der Waals surface area contributed by atoms with Crippen molar-refractivity contribution in [2.45, 2.75) is 52.7 Å².